The lowest BCUT2D eigenvalue weighted by Gasteiger charge is -2.25. The Morgan fingerprint density at radius 1 is 0.475 bits per heavy atom. The molecule has 0 N–H and O–H groups in total. The molecule has 0 fully saturated rings. The molecule has 0 saturated heterocycles. The normalized spacial score (nSPS) is 11.3. The maximum atomic E-state index is 4.29. The van der Waals surface area contributed by atoms with Crippen LogP contribution in [0.4, 0.5) is 0 Å². The molecule has 0 radical (unpaired) electrons. The van der Waals surface area contributed by atoms with E-state index in [1.165, 1.54) is 27.5 Å². The molecule has 5 aromatic carbocycles. The first-order valence-electron chi connectivity index (χ1n) is 13.8. The molecule has 0 aliphatic heterocycles. The Morgan fingerprint density at radius 3 is 1.52 bits per heavy atom. The molecular formula is C40H36. The molecule has 0 aliphatic carbocycles. The molecule has 196 valence electrons. The lowest BCUT2D eigenvalue weighted by atomic mass is 9.78. The van der Waals surface area contributed by atoms with Crippen LogP contribution in [0.2, 0.25) is 0 Å². The van der Waals surface area contributed by atoms with Crippen molar-refractivity contribution in [2.75, 3.05) is 0 Å². The van der Waals surface area contributed by atoms with Crippen LogP contribution in [0.15, 0.2) is 117 Å². The summed E-state index contributed by atoms with van der Waals surface area (Å²) in [5, 5.41) is 2.38. The van der Waals surface area contributed by atoms with E-state index in [4.69, 9.17) is 0 Å². The Labute approximate surface area is 239 Å². The SMILES string of the molecule is C=Cc1c(-c2ccccc2)ccc(-c2c(C=C)c(C=C)c(-c3ccccc3)c3cc(C(C)(C)C)ccc23)c1C=C. The predicted molar refractivity (Wildman–Crippen MR) is 179 cm³/mol. The number of hydrogen-bond acceptors (Lipinski definition) is 0. The summed E-state index contributed by atoms with van der Waals surface area (Å²) in [5.41, 5.74) is 12.5. The third-order valence-electron chi connectivity index (χ3n) is 7.77. The zero-order valence-electron chi connectivity index (χ0n) is 23.8. The number of benzene rings is 5. The van der Waals surface area contributed by atoms with Crippen LogP contribution in [0.5, 0.6) is 0 Å². The van der Waals surface area contributed by atoms with E-state index in [-0.39, 0.29) is 5.41 Å². The lowest BCUT2D eigenvalue weighted by molar-refractivity contribution is 0.591. The van der Waals surface area contributed by atoms with Crippen molar-refractivity contribution in [3.8, 4) is 33.4 Å². The highest BCUT2D eigenvalue weighted by Crippen LogP contribution is 2.46. The lowest BCUT2D eigenvalue weighted by Crippen LogP contribution is -2.11. The first-order chi connectivity index (χ1) is 19.3. The maximum absolute atomic E-state index is 4.29. The van der Waals surface area contributed by atoms with Crippen molar-refractivity contribution >= 4 is 35.1 Å². The van der Waals surface area contributed by atoms with Gasteiger partial charge in [-0.25, -0.2) is 0 Å². The molecule has 40 heavy (non-hydrogen) atoms. The quantitative estimate of drug-likeness (QED) is 0.202. The van der Waals surface area contributed by atoms with Gasteiger partial charge in [-0.2, -0.15) is 0 Å². The Morgan fingerprint density at radius 2 is 0.975 bits per heavy atom. The minimum Gasteiger partial charge on any atom is -0.0984 e. The van der Waals surface area contributed by atoms with Crippen LogP contribution < -0.4 is 0 Å². The van der Waals surface area contributed by atoms with Crippen molar-refractivity contribution in [1.29, 1.82) is 0 Å². The molecule has 0 heterocycles. The van der Waals surface area contributed by atoms with Gasteiger partial charge in [0.1, 0.15) is 0 Å². The molecule has 0 atom stereocenters. The highest BCUT2D eigenvalue weighted by molar-refractivity contribution is 6.13. The van der Waals surface area contributed by atoms with Gasteiger partial charge >= 0.3 is 0 Å². The summed E-state index contributed by atoms with van der Waals surface area (Å²) in [6.07, 6.45) is 7.86. The Balaban J connectivity index is 1.97. The Bertz CT molecular complexity index is 1760. The number of hydrogen-bond donors (Lipinski definition) is 0. The van der Waals surface area contributed by atoms with E-state index >= 15 is 0 Å². The van der Waals surface area contributed by atoms with Crippen LogP contribution in [-0.4, -0.2) is 0 Å². The van der Waals surface area contributed by atoms with Crippen LogP contribution in [-0.2, 0) is 5.41 Å². The summed E-state index contributed by atoms with van der Waals surface area (Å²) in [6.45, 7) is 23.8. The highest BCUT2D eigenvalue weighted by Gasteiger charge is 2.23. The van der Waals surface area contributed by atoms with Gasteiger partial charge in [-0.15, -0.1) is 0 Å². The van der Waals surface area contributed by atoms with Gasteiger partial charge in [0.25, 0.3) is 0 Å². The van der Waals surface area contributed by atoms with Crippen molar-refractivity contribution in [1.82, 2.24) is 0 Å². The van der Waals surface area contributed by atoms with E-state index < -0.39 is 0 Å². The number of fused-ring (bicyclic) bond motifs is 1. The smallest absolute Gasteiger partial charge is 0.00203 e. The molecule has 0 aliphatic rings. The second-order valence-corrected chi connectivity index (χ2v) is 11.1. The van der Waals surface area contributed by atoms with Gasteiger partial charge in [0.05, 0.1) is 0 Å². The second kappa shape index (κ2) is 10.8. The fourth-order valence-electron chi connectivity index (χ4n) is 5.79. The summed E-state index contributed by atoms with van der Waals surface area (Å²) in [6, 6.07) is 32.4. The molecule has 5 aromatic rings. The molecule has 0 spiro atoms. The van der Waals surface area contributed by atoms with Gasteiger partial charge < -0.3 is 0 Å². The molecule has 5 rings (SSSR count). The molecule has 0 saturated carbocycles. The minimum atomic E-state index is 0.00732. The fourth-order valence-corrected chi connectivity index (χ4v) is 5.79. The van der Waals surface area contributed by atoms with E-state index in [0.717, 1.165) is 44.5 Å². The monoisotopic (exact) mass is 516 g/mol. The molecular weight excluding hydrogens is 480 g/mol. The van der Waals surface area contributed by atoms with Crippen molar-refractivity contribution in [3.63, 3.8) is 0 Å². The molecule has 0 amide bonds. The van der Waals surface area contributed by atoms with Gasteiger partial charge in [0.15, 0.2) is 0 Å². The average molecular weight is 517 g/mol. The zero-order chi connectivity index (χ0) is 28.4. The largest absolute Gasteiger partial charge is 0.0984 e. The van der Waals surface area contributed by atoms with Gasteiger partial charge in [0.2, 0.25) is 0 Å². The van der Waals surface area contributed by atoms with Gasteiger partial charge in [-0.3, -0.25) is 0 Å². The van der Waals surface area contributed by atoms with Gasteiger partial charge in [-0.05, 0) is 83.5 Å². The number of rotatable bonds is 7. The maximum Gasteiger partial charge on any atom is -0.00203 e. The van der Waals surface area contributed by atoms with E-state index in [9.17, 15) is 0 Å². The van der Waals surface area contributed by atoms with Crippen LogP contribution in [0.25, 0.3) is 68.5 Å². The van der Waals surface area contributed by atoms with Crippen molar-refractivity contribution in [3.05, 3.63) is 145 Å². The fraction of sp³-hybridized carbons (Fsp3) is 0.100. The minimum absolute atomic E-state index is 0.00732. The zero-order valence-corrected chi connectivity index (χ0v) is 23.8. The molecule has 0 heteroatoms. The highest BCUT2D eigenvalue weighted by atomic mass is 14.3. The van der Waals surface area contributed by atoms with E-state index in [1.54, 1.807) is 0 Å². The topological polar surface area (TPSA) is 0 Å². The van der Waals surface area contributed by atoms with Gasteiger partial charge in [0, 0.05) is 0 Å². The van der Waals surface area contributed by atoms with E-state index in [2.05, 4.69) is 132 Å². The summed E-state index contributed by atoms with van der Waals surface area (Å²) in [4.78, 5) is 0. The van der Waals surface area contributed by atoms with E-state index in [1.807, 2.05) is 30.4 Å². The van der Waals surface area contributed by atoms with Crippen molar-refractivity contribution in [2.24, 2.45) is 0 Å². The second-order valence-electron chi connectivity index (χ2n) is 11.1. The summed E-state index contributed by atoms with van der Waals surface area (Å²) < 4.78 is 0. The van der Waals surface area contributed by atoms with Crippen LogP contribution >= 0.6 is 0 Å². The van der Waals surface area contributed by atoms with Crippen molar-refractivity contribution in [2.45, 2.75) is 26.2 Å². The molecule has 0 unspecified atom stereocenters. The van der Waals surface area contributed by atoms with Crippen molar-refractivity contribution < 1.29 is 0 Å². The molecule has 0 nitrogen and oxygen atoms in total. The van der Waals surface area contributed by atoms with Crippen LogP contribution in [0.3, 0.4) is 0 Å². The third kappa shape index (κ3) is 4.56. The predicted octanol–water partition coefficient (Wildman–Crippen LogP) is 11.7. The first kappa shape index (κ1) is 26.9. The average Bonchev–Trinajstić information content (AvgIpc) is 2.99. The summed E-state index contributed by atoms with van der Waals surface area (Å²) in [5.74, 6) is 0. The summed E-state index contributed by atoms with van der Waals surface area (Å²) in [7, 11) is 0. The molecule has 0 bridgehead atoms. The third-order valence-corrected chi connectivity index (χ3v) is 7.77. The first-order valence-corrected chi connectivity index (χ1v) is 13.8. The standard InChI is InChI=1S/C40H36/c1-8-30-31(9-2)35(25-24-34(30)27-18-14-12-15-19-27)39-33(11-4)32(10-3)38(28-20-16-13-17-21-28)37-26-29(40(5,6)7)22-23-36(37)39/h8-26H,1-4H2,5-7H3. The Kier molecular flexibility index (Phi) is 7.28. The summed E-state index contributed by atoms with van der Waals surface area (Å²) >= 11 is 0. The van der Waals surface area contributed by atoms with E-state index in [0.29, 0.717) is 0 Å². The van der Waals surface area contributed by atoms with Gasteiger partial charge in [-0.1, -0.05) is 156 Å². The van der Waals surface area contributed by atoms with Crippen LogP contribution in [0, 0.1) is 0 Å². The van der Waals surface area contributed by atoms with Crippen LogP contribution in [0.1, 0.15) is 48.6 Å². The Hall–Kier alpha value is -4.68. The molecule has 0 aromatic heterocycles.